The third-order valence-corrected chi connectivity index (χ3v) is 4.57. The number of aryl methyl sites for hydroxylation is 3. The molecule has 0 amide bonds. The third-order valence-electron chi connectivity index (χ3n) is 4.57. The molecule has 0 unspecified atom stereocenters. The summed E-state index contributed by atoms with van der Waals surface area (Å²) < 4.78 is 0. The number of anilines is 1. The lowest BCUT2D eigenvalue weighted by molar-refractivity contribution is 0.250. The lowest BCUT2D eigenvalue weighted by Crippen LogP contribution is -2.46. The van der Waals surface area contributed by atoms with Crippen LogP contribution in [0.25, 0.3) is 0 Å². The third kappa shape index (κ3) is 3.50. The largest absolute Gasteiger partial charge is 0.369 e. The van der Waals surface area contributed by atoms with Crippen molar-refractivity contribution in [3.63, 3.8) is 0 Å². The molecule has 116 valence electrons. The van der Waals surface area contributed by atoms with Crippen molar-refractivity contribution in [3.8, 4) is 0 Å². The van der Waals surface area contributed by atoms with Crippen molar-refractivity contribution in [3.05, 3.63) is 64.7 Å². The Balaban J connectivity index is 1.61. The van der Waals surface area contributed by atoms with E-state index in [1.807, 2.05) is 0 Å². The molecule has 22 heavy (non-hydrogen) atoms. The quantitative estimate of drug-likeness (QED) is 0.846. The Hall–Kier alpha value is -1.80. The molecule has 0 saturated carbocycles. The van der Waals surface area contributed by atoms with Crippen LogP contribution in [0.2, 0.25) is 0 Å². The van der Waals surface area contributed by atoms with Crippen molar-refractivity contribution in [2.75, 3.05) is 31.1 Å². The Morgan fingerprint density at radius 2 is 1.55 bits per heavy atom. The zero-order valence-electron chi connectivity index (χ0n) is 14.0. The van der Waals surface area contributed by atoms with E-state index in [2.05, 4.69) is 73.0 Å². The van der Waals surface area contributed by atoms with Crippen molar-refractivity contribution in [2.45, 2.75) is 27.3 Å². The zero-order chi connectivity index (χ0) is 15.5. The van der Waals surface area contributed by atoms with E-state index >= 15 is 0 Å². The van der Waals surface area contributed by atoms with E-state index in [-0.39, 0.29) is 0 Å². The predicted octanol–water partition coefficient (Wildman–Crippen LogP) is 3.93. The Kier molecular flexibility index (Phi) is 4.49. The van der Waals surface area contributed by atoms with Gasteiger partial charge in [0.05, 0.1) is 0 Å². The average molecular weight is 294 g/mol. The van der Waals surface area contributed by atoms with Crippen LogP contribution in [-0.4, -0.2) is 31.1 Å². The number of rotatable bonds is 3. The van der Waals surface area contributed by atoms with Crippen molar-refractivity contribution >= 4 is 5.69 Å². The molecule has 0 N–H and O–H groups in total. The second kappa shape index (κ2) is 6.53. The number of piperazine rings is 1. The van der Waals surface area contributed by atoms with Crippen LogP contribution < -0.4 is 4.90 Å². The molecule has 2 nitrogen and oxygen atoms in total. The molecular weight excluding hydrogens is 268 g/mol. The van der Waals surface area contributed by atoms with Crippen LogP contribution in [0, 0.1) is 20.8 Å². The van der Waals surface area contributed by atoms with Crippen molar-refractivity contribution in [2.24, 2.45) is 0 Å². The second-order valence-electron chi connectivity index (χ2n) is 6.54. The predicted molar refractivity (Wildman–Crippen MR) is 94.6 cm³/mol. The van der Waals surface area contributed by atoms with Gasteiger partial charge in [-0.05, 0) is 43.5 Å². The molecule has 3 rings (SSSR count). The maximum atomic E-state index is 2.57. The summed E-state index contributed by atoms with van der Waals surface area (Å²) in [5.41, 5.74) is 6.93. The van der Waals surface area contributed by atoms with E-state index < -0.39 is 0 Å². The first-order chi connectivity index (χ1) is 10.6. The molecule has 2 aromatic carbocycles. The molecular formula is C20H26N2. The summed E-state index contributed by atoms with van der Waals surface area (Å²) in [4.78, 5) is 5.10. The molecule has 0 atom stereocenters. The number of hydrogen-bond acceptors (Lipinski definition) is 2. The minimum Gasteiger partial charge on any atom is -0.369 e. The van der Waals surface area contributed by atoms with Gasteiger partial charge in [0.2, 0.25) is 0 Å². The van der Waals surface area contributed by atoms with Gasteiger partial charge in [-0.15, -0.1) is 0 Å². The topological polar surface area (TPSA) is 6.48 Å². The maximum absolute atomic E-state index is 2.57. The summed E-state index contributed by atoms with van der Waals surface area (Å²) in [7, 11) is 0. The molecule has 1 aliphatic heterocycles. The first-order valence-corrected chi connectivity index (χ1v) is 8.22. The van der Waals surface area contributed by atoms with Gasteiger partial charge in [0.15, 0.2) is 0 Å². The average Bonchev–Trinajstić information content (AvgIpc) is 2.51. The molecule has 1 aliphatic rings. The number of benzene rings is 2. The van der Waals surface area contributed by atoms with Crippen LogP contribution in [0.15, 0.2) is 42.5 Å². The molecule has 1 saturated heterocycles. The van der Waals surface area contributed by atoms with E-state index in [1.165, 1.54) is 27.9 Å². The smallest absolute Gasteiger partial charge is 0.0399 e. The van der Waals surface area contributed by atoms with Gasteiger partial charge in [0.1, 0.15) is 0 Å². The van der Waals surface area contributed by atoms with Crippen LogP contribution in [0.5, 0.6) is 0 Å². The fourth-order valence-electron chi connectivity index (χ4n) is 3.28. The van der Waals surface area contributed by atoms with Crippen LogP contribution in [-0.2, 0) is 6.54 Å². The highest BCUT2D eigenvalue weighted by atomic mass is 15.3. The summed E-state index contributed by atoms with van der Waals surface area (Å²) in [6, 6.07) is 15.6. The summed E-state index contributed by atoms with van der Waals surface area (Å²) >= 11 is 0. The van der Waals surface area contributed by atoms with Crippen LogP contribution in [0.1, 0.15) is 22.3 Å². The highest BCUT2D eigenvalue weighted by Gasteiger charge is 2.18. The zero-order valence-corrected chi connectivity index (χ0v) is 14.0. The van der Waals surface area contributed by atoms with Gasteiger partial charge in [-0.25, -0.2) is 0 Å². The molecule has 1 heterocycles. The first-order valence-electron chi connectivity index (χ1n) is 8.22. The van der Waals surface area contributed by atoms with Crippen molar-refractivity contribution < 1.29 is 0 Å². The first kappa shape index (κ1) is 15.1. The van der Waals surface area contributed by atoms with E-state index in [0.717, 1.165) is 32.7 Å². The van der Waals surface area contributed by atoms with Crippen LogP contribution >= 0.6 is 0 Å². The molecule has 1 fully saturated rings. The Bertz CT molecular complexity index is 640. The van der Waals surface area contributed by atoms with Crippen molar-refractivity contribution in [1.82, 2.24) is 4.90 Å². The highest BCUT2D eigenvalue weighted by molar-refractivity contribution is 5.55. The van der Waals surface area contributed by atoms with E-state index in [4.69, 9.17) is 0 Å². The number of nitrogens with zero attached hydrogens (tertiary/aromatic N) is 2. The van der Waals surface area contributed by atoms with Gasteiger partial charge >= 0.3 is 0 Å². The highest BCUT2D eigenvalue weighted by Crippen LogP contribution is 2.23. The minimum atomic E-state index is 1.07. The van der Waals surface area contributed by atoms with Gasteiger partial charge in [-0.3, -0.25) is 4.90 Å². The monoisotopic (exact) mass is 294 g/mol. The van der Waals surface area contributed by atoms with Gasteiger partial charge < -0.3 is 4.90 Å². The SMILES string of the molecule is Cc1cccc(CN2CCN(c3cc(C)ccc3C)CC2)c1. The Morgan fingerprint density at radius 1 is 0.818 bits per heavy atom. The number of hydrogen-bond donors (Lipinski definition) is 0. The fourth-order valence-corrected chi connectivity index (χ4v) is 3.28. The van der Waals surface area contributed by atoms with Gasteiger partial charge in [-0.2, -0.15) is 0 Å². The van der Waals surface area contributed by atoms with E-state index in [0.29, 0.717) is 0 Å². The molecule has 0 bridgehead atoms. The molecule has 2 heteroatoms. The minimum absolute atomic E-state index is 1.07. The maximum Gasteiger partial charge on any atom is 0.0399 e. The normalized spacial score (nSPS) is 16.0. The molecule has 2 aromatic rings. The lowest BCUT2D eigenvalue weighted by atomic mass is 10.1. The Labute approximate surface area is 134 Å². The van der Waals surface area contributed by atoms with Gasteiger partial charge in [-0.1, -0.05) is 42.0 Å². The molecule has 0 spiro atoms. The molecule has 0 aromatic heterocycles. The standard InChI is InChI=1S/C20H26N2/c1-16-5-4-6-19(13-16)15-21-9-11-22(12-10-21)20-14-17(2)7-8-18(20)3/h4-8,13-14H,9-12,15H2,1-3H3. The molecule has 0 radical (unpaired) electrons. The Morgan fingerprint density at radius 3 is 2.27 bits per heavy atom. The van der Waals surface area contributed by atoms with Crippen LogP contribution in [0.4, 0.5) is 5.69 Å². The summed E-state index contributed by atoms with van der Waals surface area (Å²) in [6.45, 7) is 12.2. The summed E-state index contributed by atoms with van der Waals surface area (Å²) in [6.07, 6.45) is 0. The second-order valence-corrected chi connectivity index (χ2v) is 6.54. The van der Waals surface area contributed by atoms with Crippen molar-refractivity contribution in [1.29, 1.82) is 0 Å². The van der Waals surface area contributed by atoms with Gasteiger partial charge in [0.25, 0.3) is 0 Å². The summed E-state index contributed by atoms with van der Waals surface area (Å²) in [5.74, 6) is 0. The van der Waals surface area contributed by atoms with Gasteiger partial charge in [0, 0.05) is 38.4 Å². The van der Waals surface area contributed by atoms with Crippen LogP contribution in [0.3, 0.4) is 0 Å². The summed E-state index contributed by atoms with van der Waals surface area (Å²) in [5, 5.41) is 0. The van der Waals surface area contributed by atoms with E-state index in [9.17, 15) is 0 Å². The molecule has 0 aliphatic carbocycles. The fraction of sp³-hybridized carbons (Fsp3) is 0.400. The van der Waals surface area contributed by atoms with E-state index in [1.54, 1.807) is 0 Å². The lowest BCUT2D eigenvalue weighted by Gasteiger charge is -2.37.